The molecule has 0 saturated carbocycles. The fourth-order valence-corrected chi connectivity index (χ4v) is 1.37. The molecule has 0 unspecified atom stereocenters. The Kier molecular flexibility index (Phi) is 3.80. The summed E-state index contributed by atoms with van der Waals surface area (Å²) >= 11 is 0. The zero-order chi connectivity index (χ0) is 8.81. The van der Waals surface area contributed by atoms with Crippen LogP contribution in [0.2, 0.25) is 0 Å². The summed E-state index contributed by atoms with van der Waals surface area (Å²) < 4.78 is 0. The van der Waals surface area contributed by atoms with Crippen LogP contribution in [0.4, 0.5) is 0 Å². The van der Waals surface area contributed by atoms with E-state index in [1.807, 2.05) is 6.92 Å². The van der Waals surface area contributed by atoms with Crippen LogP contribution < -0.4 is 10.6 Å². The normalized spacial score (nSPS) is 19.8. The fraction of sp³-hybridized carbons (Fsp3) is 0.667. The molecule has 0 aromatic heterocycles. The highest BCUT2D eigenvalue weighted by atomic mass is 16.1. The Morgan fingerprint density at radius 3 is 2.75 bits per heavy atom. The molecule has 0 aromatic carbocycles. The van der Waals surface area contributed by atoms with Crippen molar-refractivity contribution >= 4 is 5.91 Å². The van der Waals surface area contributed by atoms with E-state index in [0.29, 0.717) is 6.04 Å². The molecule has 0 bridgehead atoms. The lowest BCUT2D eigenvalue weighted by Gasteiger charge is -2.22. The maximum Gasteiger partial charge on any atom is 0.243 e. The summed E-state index contributed by atoms with van der Waals surface area (Å²) in [5.74, 6) is 0.0319. The van der Waals surface area contributed by atoms with Crippen molar-refractivity contribution in [1.29, 1.82) is 0 Å². The molecular formula is C9H16N2O. The highest BCUT2D eigenvalue weighted by Crippen LogP contribution is 2.01. The molecule has 1 aliphatic heterocycles. The van der Waals surface area contributed by atoms with Gasteiger partial charge in [-0.3, -0.25) is 4.79 Å². The van der Waals surface area contributed by atoms with E-state index in [4.69, 9.17) is 0 Å². The maximum absolute atomic E-state index is 11.1. The average molecular weight is 168 g/mol. The first kappa shape index (κ1) is 9.26. The number of rotatable bonds is 2. The predicted molar refractivity (Wildman–Crippen MR) is 48.8 cm³/mol. The highest BCUT2D eigenvalue weighted by molar-refractivity contribution is 5.87. The molecule has 2 N–H and O–H groups in total. The molecule has 1 aliphatic rings. The van der Waals surface area contributed by atoms with Gasteiger partial charge in [0, 0.05) is 6.04 Å². The zero-order valence-corrected chi connectivity index (χ0v) is 7.47. The monoisotopic (exact) mass is 168 g/mol. The van der Waals surface area contributed by atoms with E-state index in [2.05, 4.69) is 10.6 Å². The molecule has 1 rings (SSSR count). The number of allylic oxidation sites excluding steroid dienone is 1. The quantitative estimate of drug-likeness (QED) is 0.587. The van der Waals surface area contributed by atoms with Gasteiger partial charge in [0.05, 0.1) is 0 Å². The second kappa shape index (κ2) is 4.93. The molecule has 0 radical (unpaired) electrons. The molecule has 0 spiro atoms. The Bertz CT molecular complexity index is 171. The molecule has 1 fully saturated rings. The molecule has 0 atom stereocenters. The van der Waals surface area contributed by atoms with Gasteiger partial charge in [-0.05, 0) is 38.9 Å². The molecule has 1 amide bonds. The van der Waals surface area contributed by atoms with Gasteiger partial charge >= 0.3 is 0 Å². The van der Waals surface area contributed by atoms with Gasteiger partial charge in [-0.1, -0.05) is 6.08 Å². The van der Waals surface area contributed by atoms with Crippen LogP contribution in [-0.2, 0) is 4.79 Å². The summed E-state index contributed by atoms with van der Waals surface area (Å²) in [5, 5.41) is 6.20. The van der Waals surface area contributed by atoms with E-state index in [1.54, 1.807) is 12.2 Å². The number of hydrogen-bond acceptors (Lipinski definition) is 2. The average Bonchev–Trinajstić information content (AvgIpc) is 2.06. The van der Waals surface area contributed by atoms with Crippen molar-refractivity contribution in [3.8, 4) is 0 Å². The first-order chi connectivity index (χ1) is 5.83. The van der Waals surface area contributed by atoms with Crippen LogP contribution in [0, 0.1) is 0 Å². The second-order valence-corrected chi connectivity index (χ2v) is 3.03. The summed E-state index contributed by atoms with van der Waals surface area (Å²) in [7, 11) is 0. The number of carbonyl (C=O) groups excluding carboxylic acids is 1. The molecule has 3 nitrogen and oxygen atoms in total. The Hall–Kier alpha value is -0.830. The largest absolute Gasteiger partial charge is 0.350 e. The summed E-state index contributed by atoms with van der Waals surface area (Å²) in [4.78, 5) is 11.1. The summed E-state index contributed by atoms with van der Waals surface area (Å²) in [6.45, 7) is 3.88. The van der Waals surface area contributed by atoms with E-state index in [-0.39, 0.29) is 5.91 Å². The third kappa shape index (κ3) is 3.05. The van der Waals surface area contributed by atoms with Crippen LogP contribution in [0.25, 0.3) is 0 Å². The van der Waals surface area contributed by atoms with Crippen molar-refractivity contribution in [2.24, 2.45) is 0 Å². The fourth-order valence-electron chi connectivity index (χ4n) is 1.37. The van der Waals surface area contributed by atoms with E-state index in [0.717, 1.165) is 25.9 Å². The van der Waals surface area contributed by atoms with E-state index in [1.165, 1.54) is 0 Å². The molecule has 12 heavy (non-hydrogen) atoms. The first-order valence-electron chi connectivity index (χ1n) is 4.47. The van der Waals surface area contributed by atoms with Gasteiger partial charge in [-0.25, -0.2) is 0 Å². The minimum atomic E-state index is 0.0319. The maximum atomic E-state index is 11.1. The van der Waals surface area contributed by atoms with E-state index in [9.17, 15) is 4.79 Å². The molecule has 1 saturated heterocycles. The van der Waals surface area contributed by atoms with Gasteiger partial charge < -0.3 is 10.6 Å². The van der Waals surface area contributed by atoms with Crippen molar-refractivity contribution in [1.82, 2.24) is 10.6 Å². The SMILES string of the molecule is CC=CC(=O)NC1CCNCC1. The van der Waals surface area contributed by atoms with Crippen LogP contribution in [0.1, 0.15) is 19.8 Å². The zero-order valence-electron chi connectivity index (χ0n) is 7.47. The first-order valence-corrected chi connectivity index (χ1v) is 4.47. The van der Waals surface area contributed by atoms with Crippen molar-refractivity contribution in [3.63, 3.8) is 0 Å². The van der Waals surface area contributed by atoms with Gasteiger partial charge in [0.1, 0.15) is 0 Å². The Labute approximate surface area is 73.2 Å². The van der Waals surface area contributed by atoms with Crippen LogP contribution >= 0.6 is 0 Å². The molecule has 0 aliphatic carbocycles. The number of amides is 1. The van der Waals surface area contributed by atoms with Crippen LogP contribution in [0.5, 0.6) is 0 Å². The van der Waals surface area contributed by atoms with Gasteiger partial charge in [-0.15, -0.1) is 0 Å². The highest BCUT2D eigenvalue weighted by Gasteiger charge is 2.13. The van der Waals surface area contributed by atoms with Crippen LogP contribution in [0.3, 0.4) is 0 Å². The second-order valence-electron chi connectivity index (χ2n) is 3.03. The number of carbonyl (C=O) groups is 1. The smallest absolute Gasteiger partial charge is 0.243 e. The lowest BCUT2D eigenvalue weighted by atomic mass is 10.1. The van der Waals surface area contributed by atoms with Gasteiger partial charge in [0.2, 0.25) is 5.91 Å². The summed E-state index contributed by atoms with van der Waals surface area (Å²) in [5.41, 5.74) is 0. The van der Waals surface area contributed by atoms with Crippen molar-refractivity contribution in [2.45, 2.75) is 25.8 Å². The molecule has 3 heteroatoms. The molecule has 68 valence electrons. The molecular weight excluding hydrogens is 152 g/mol. The lowest BCUT2D eigenvalue weighted by Crippen LogP contribution is -2.42. The van der Waals surface area contributed by atoms with Crippen molar-refractivity contribution in [2.75, 3.05) is 13.1 Å². The van der Waals surface area contributed by atoms with Crippen molar-refractivity contribution < 1.29 is 4.79 Å². The summed E-state index contributed by atoms with van der Waals surface area (Å²) in [6.07, 6.45) is 5.42. The molecule has 0 aromatic rings. The summed E-state index contributed by atoms with van der Waals surface area (Å²) in [6, 6.07) is 0.370. The van der Waals surface area contributed by atoms with E-state index >= 15 is 0 Å². The van der Waals surface area contributed by atoms with Crippen LogP contribution in [-0.4, -0.2) is 25.0 Å². The van der Waals surface area contributed by atoms with Crippen molar-refractivity contribution in [3.05, 3.63) is 12.2 Å². The standard InChI is InChI=1S/C9H16N2O/c1-2-3-9(12)11-8-4-6-10-7-5-8/h2-3,8,10H,4-7H2,1H3,(H,11,12). The van der Waals surface area contributed by atoms with Gasteiger partial charge in [0.15, 0.2) is 0 Å². The predicted octanol–water partition coefficient (Wildman–Crippen LogP) is 0.431. The lowest BCUT2D eigenvalue weighted by molar-refractivity contribution is -0.117. The number of nitrogens with one attached hydrogen (secondary N) is 2. The third-order valence-electron chi connectivity index (χ3n) is 2.00. The Balaban J connectivity index is 2.24. The third-order valence-corrected chi connectivity index (χ3v) is 2.00. The number of hydrogen-bond donors (Lipinski definition) is 2. The van der Waals surface area contributed by atoms with E-state index < -0.39 is 0 Å². The van der Waals surface area contributed by atoms with Crippen LogP contribution in [0.15, 0.2) is 12.2 Å². The Morgan fingerprint density at radius 1 is 1.50 bits per heavy atom. The van der Waals surface area contributed by atoms with Gasteiger partial charge in [-0.2, -0.15) is 0 Å². The topological polar surface area (TPSA) is 41.1 Å². The minimum Gasteiger partial charge on any atom is -0.350 e. The van der Waals surface area contributed by atoms with Gasteiger partial charge in [0.25, 0.3) is 0 Å². The molecule has 1 heterocycles. The Morgan fingerprint density at radius 2 is 2.17 bits per heavy atom. The number of piperidine rings is 1. The minimum absolute atomic E-state index is 0.0319.